The van der Waals surface area contributed by atoms with E-state index in [-0.39, 0.29) is 12.2 Å². The van der Waals surface area contributed by atoms with E-state index < -0.39 is 34.7 Å². The van der Waals surface area contributed by atoms with Crippen LogP contribution >= 0.6 is 11.6 Å². The number of urea groups is 1. The molecule has 0 radical (unpaired) electrons. The summed E-state index contributed by atoms with van der Waals surface area (Å²) in [5.41, 5.74) is -1.15. The molecule has 1 aromatic carbocycles. The van der Waals surface area contributed by atoms with Crippen molar-refractivity contribution in [1.29, 1.82) is 0 Å². The van der Waals surface area contributed by atoms with Crippen molar-refractivity contribution in [2.75, 3.05) is 18.9 Å². The van der Waals surface area contributed by atoms with Crippen molar-refractivity contribution in [2.24, 2.45) is 5.92 Å². The summed E-state index contributed by atoms with van der Waals surface area (Å²) in [4.78, 5) is 23.6. The molecular formula is C13H14ClF3N2O3. The molecule has 2 N–H and O–H groups in total. The first kappa shape index (κ1) is 18.1. The molecule has 0 spiro atoms. The van der Waals surface area contributed by atoms with Crippen LogP contribution in [0.25, 0.3) is 0 Å². The molecule has 0 aliphatic rings. The zero-order valence-corrected chi connectivity index (χ0v) is 12.5. The van der Waals surface area contributed by atoms with Gasteiger partial charge in [-0.25, -0.2) is 4.79 Å². The summed E-state index contributed by atoms with van der Waals surface area (Å²) >= 11 is 5.48. The van der Waals surface area contributed by atoms with E-state index in [1.807, 2.05) is 0 Å². The summed E-state index contributed by atoms with van der Waals surface area (Å²) in [6.45, 7) is 1.33. The number of alkyl halides is 3. The molecule has 0 heterocycles. The number of halogens is 4. The van der Waals surface area contributed by atoms with E-state index in [9.17, 15) is 22.8 Å². The number of hydrogen-bond acceptors (Lipinski definition) is 2. The molecular weight excluding hydrogens is 325 g/mol. The van der Waals surface area contributed by atoms with Crippen LogP contribution in [0.1, 0.15) is 12.5 Å². The molecule has 0 aliphatic heterocycles. The highest BCUT2D eigenvalue weighted by atomic mass is 35.5. The molecule has 1 aromatic rings. The third kappa shape index (κ3) is 4.80. The van der Waals surface area contributed by atoms with Gasteiger partial charge in [0.15, 0.2) is 0 Å². The van der Waals surface area contributed by atoms with E-state index in [0.717, 1.165) is 11.0 Å². The van der Waals surface area contributed by atoms with Crippen molar-refractivity contribution in [2.45, 2.75) is 13.1 Å². The Morgan fingerprint density at radius 2 is 2.00 bits per heavy atom. The Kier molecular flexibility index (Phi) is 5.65. The number of anilines is 1. The van der Waals surface area contributed by atoms with Crippen LogP contribution in [0, 0.1) is 5.92 Å². The van der Waals surface area contributed by atoms with Crippen LogP contribution < -0.4 is 5.32 Å². The first-order valence-electron chi connectivity index (χ1n) is 6.14. The zero-order valence-electron chi connectivity index (χ0n) is 11.7. The molecule has 122 valence electrons. The van der Waals surface area contributed by atoms with Gasteiger partial charge in [-0.3, -0.25) is 4.79 Å². The maximum Gasteiger partial charge on any atom is 0.417 e. The maximum atomic E-state index is 12.7. The largest absolute Gasteiger partial charge is 0.481 e. The Hall–Kier alpha value is -1.96. The summed E-state index contributed by atoms with van der Waals surface area (Å²) in [5.74, 6) is -1.88. The van der Waals surface area contributed by atoms with Crippen LogP contribution in [-0.4, -0.2) is 35.6 Å². The van der Waals surface area contributed by atoms with Crippen molar-refractivity contribution in [3.63, 3.8) is 0 Å². The highest BCUT2D eigenvalue weighted by Gasteiger charge is 2.33. The molecule has 5 nitrogen and oxygen atoms in total. The highest BCUT2D eigenvalue weighted by Crippen LogP contribution is 2.36. The summed E-state index contributed by atoms with van der Waals surface area (Å²) < 4.78 is 38.1. The van der Waals surface area contributed by atoms with E-state index in [1.54, 1.807) is 0 Å². The van der Waals surface area contributed by atoms with Crippen molar-refractivity contribution in [3.8, 4) is 0 Å². The molecule has 0 bridgehead atoms. The van der Waals surface area contributed by atoms with E-state index in [0.29, 0.717) is 6.07 Å². The van der Waals surface area contributed by atoms with Gasteiger partial charge in [-0.15, -0.1) is 0 Å². The van der Waals surface area contributed by atoms with Gasteiger partial charge in [0, 0.05) is 19.3 Å². The van der Waals surface area contributed by atoms with Gasteiger partial charge >= 0.3 is 18.2 Å². The van der Waals surface area contributed by atoms with Crippen LogP contribution in [0.15, 0.2) is 18.2 Å². The van der Waals surface area contributed by atoms with Crippen molar-refractivity contribution < 1.29 is 27.9 Å². The number of carboxylic acid groups (broad SMARTS) is 1. The number of nitrogens with one attached hydrogen (secondary N) is 1. The molecule has 2 amide bonds. The van der Waals surface area contributed by atoms with Crippen LogP contribution in [0.3, 0.4) is 0 Å². The standard InChI is InChI=1S/C13H14ClF3N2O3/c1-7(11(20)21)6-19(2)12(22)18-8-3-4-10(14)9(5-8)13(15,16)17/h3-5,7H,6H2,1-2H3,(H,18,22)(H,20,21). The van der Waals surface area contributed by atoms with E-state index in [2.05, 4.69) is 5.32 Å². The van der Waals surface area contributed by atoms with Crippen molar-refractivity contribution >= 4 is 29.3 Å². The fourth-order valence-corrected chi connectivity index (χ4v) is 1.84. The van der Waals surface area contributed by atoms with Crippen LogP contribution in [0.5, 0.6) is 0 Å². The number of hydrogen-bond donors (Lipinski definition) is 2. The van der Waals surface area contributed by atoms with Crippen LogP contribution in [0.2, 0.25) is 5.02 Å². The Morgan fingerprint density at radius 3 is 2.50 bits per heavy atom. The smallest absolute Gasteiger partial charge is 0.417 e. The second-order valence-corrected chi connectivity index (χ2v) is 5.15. The average molecular weight is 339 g/mol. The minimum atomic E-state index is -4.64. The van der Waals surface area contributed by atoms with E-state index >= 15 is 0 Å². The Bertz CT molecular complexity index is 578. The third-order valence-corrected chi connectivity index (χ3v) is 3.17. The minimum absolute atomic E-state index is 0.0825. The van der Waals surface area contributed by atoms with E-state index in [4.69, 9.17) is 16.7 Å². The number of carbonyl (C=O) groups excluding carboxylic acids is 1. The second kappa shape index (κ2) is 6.87. The predicted octanol–water partition coefficient (Wildman–Crippen LogP) is 3.54. The van der Waals surface area contributed by atoms with Gasteiger partial charge in [-0.05, 0) is 18.2 Å². The number of benzene rings is 1. The topological polar surface area (TPSA) is 69.6 Å². The number of amides is 2. The fourth-order valence-electron chi connectivity index (χ4n) is 1.61. The zero-order chi connectivity index (χ0) is 17.1. The summed E-state index contributed by atoms with van der Waals surface area (Å²) in [5, 5.41) is 10.5. The average Bonchev–Trinajstić information content (AvgIpc) is 2.39. The Morgan fingerprint density at radius 1 is 1.41 bits per heavy atom. The van der Waals surface area contributed by atoms with Gasteiger partial charge in [-0.1, -0.05) is 18.5 Å². The minimum Gasteiger partial charge on any atom is -0.481 e. The molecule has 1 rings (SSSR count). The molecule has 0 fully saturated rings. The lowest BCUT2D eigenvalue weighted by atomic mass is 10.2. The molecule has 0 aliphatic carbocycles. The number of rotatable bonds is 4. The molecule has 0 aromatic heterocycles. The summed E-state index contributed by atoms with van der Waals surface area (Å²) in [6, 6.07) is 2.25. The normalized spacial score (nSPS) is 12.6. The van der Waals surface area contributed by atoms with Gasteiger partial charge in [0.1, 0.15) is 0 Å². The fraction of sp³-hybridized carbons (Fsp3) is 0.385. The Labute approximate surface area is 129 Å². The van der Waals surface area contributed by atoms with Crippen LogP contribution in [0.4, 0.5) is 23.7 Å². The molecule has 0 saturated heterocycles. The third-order valence-electron chi connectivity index (χ3n) is 2.84. The molecule has 1 atom stereocenters. The predicted molar refractivity (Wildman–Crippen MR) is 74.9 cm³/mol. The van der Waals surface area contributed by atoms with Gasteiger partial charge in [0.25, 0.3) is 0 Å². The number of carboxylic acids is 1. The van der Waals surface area contributed by atoms with Gasteiger partial charge < -0.3 is 15.3 Å². The Balaban J connectivity index is 2.83. The molecule has 9 heteroatoms. The number of nitrogens with zero attached hydrogens (tertiary/aromatic N) is 1. The monoisotopic (exact) mass is 338 g/mol. The van der Waals surface area contributed by atoms with Crippen molar-refractivity contribution in [3.05, 3.63) is 28.8 Å². The SMILES string of the molecule is CC(CN(C)C(=O)Nc1ccc(Cl)c(C(F)(F)F)c1)C(=O)O. The molecule has 1 unspecified atom stereocenters. The lowest BCUT2D eigenvalue weighted by Crippen LogP contribution is -2.36. The number of carbonyl (C=O) groups is 2. The maximum absolute atomic E-state index is 12.7. The van der Waals surface area contributed by atoms with Gasteiger partial charge in [0.2, 0.25) is 0 Å². The van der Waals surface area contributed by atoms with Crippen molar-refractivity contribution in [1.82, 2.24) is 4.90 Å². The van der Waals surface area contributed by atoms with Gasteiger partial charge in [0.05, 0.1) is 16.5 Å². The number of aliphatic carboxylic acids is 1. The molecule has 0 saturated carbocycles. The summed E-state index contributed by atoms with van der Waals surface area (Å²) in [7, 11) is 1.34. The lowest BCUT2D eigenvalue weighted by Gasteiger charge is -2.20. The first-order chi connectivity index (χ1) is 10.0. The quantitative estimate of drug-likeness (QED) is 0.882. The lowest BCUT2D eigenvalue weighted by molar-refractivity contribution is -0.141. The first-order valence-corrected chi connectivity index (χ1v) is 6.52. The van der Waals surface area contributed by atoms with E-state index in [1.165, 1.54) is 20.0 Å². The second-order valence-electron chi connectivity index (χ2n) is 4.74. The van der Waals surface area contributed by atoms with Gasteiger partial charge in [-0.2, -0.15) is 13.2 Å². The van der Waals surface area contributed by atoms with Crippen LogP contribution in [-0.2, 0) is 11.0 Å². The molecule has 22 heavy (non-hydrogen) atoms. The summed E-state index contributed by atoms with van der Waals surface area (Å²) in [6.07, 6.45) is -4.64. The highest BCUT2D eigenvalue weighted by molar-refractivity contribution is 6.31.